The minimum Gasteiger partial charge on any atom is -0.395 e. The Bertz CT molecular complexity index is 701. The number of aliphatic hydroxyl groups excluding tert-OH is 1. The van der Waals surface area contributed by atoms with Crippen molar-refractivity contribution in [2.45, 2.75) is 91.9 Å². The van der Waals surface area contributed by atoms with Crippen LogP contribution < -0.4 is 0 Å². The first-order chi connectivity index (χ1) is 13.8. The molecule has 6 atom stereocenters. The van der Waals surface area contributed by atoms with E-state index in [9.17, 15) is 9.90 Å². The number of fused-ring (bicyclic) bond motifs is 5. The van der Waals surface area contributed by atoms with E-state index in [-0.39, 0.29) is 12.0 Å². The molecule has 2 nitrogen and oxygen atoms in total. The van der Waals surface area contributed by atoms with E-state index < -0.39 is 0 Å². The molecule has 3 fully saturated rings. The van der Waals surface area contributed by atoms with E-state index in [4.69, 9.17) is 0 Å². The van der Waals surface area contributed by atoms with Gasteiger partial charge in [-0.3, -0.25) is 4.79 Å². The largest absolute Gasteiger partial charge is 0.395 e. The molecular formula is C27H42O2. The predicted octanol–water partition coefficient (Wildman–Crippen LogP) is 6.49. The molecule has 4 rings (SSSR count). The number of Topliss-reactive ketones (excluding diaryl/α,β-unsaturated/α-hetero) is 1. The highest BCUT2D eigenvalue weighted by Crippen LogP contribution is 2.66. The zero-order chi connectivity index (χ0) is 20.8. The summed E-state index contributed by atoms with van der Waals surface area (Å²) in [5.41, 5.74) is 3.14. The van der Waals surface area contributed by atoms with Crippen molar-refractivity contribution in [1.29, 1.82) is 0 Å². The SMILES string of the molecule is CC(C)CCC[C@@H](C)[C@H]1CC[C@H]2C3=CC=C4CC(=O)CC[C@]4(CO)[C@H]3CC[C@]12C. The van der Waals surface area contributed by atoms with Gasteiger partial charge in [0.05, 0.1) is 6.61 Å². The van der Waals surface area contributed by atoms with E-state index in [1.165, 1.54) is 50.5 Å². The van der Waals surface area contributed by atoms with Gasteiger partial charge in [-0.05, 0) is 67.1 Å². The van der Waals surface area contributed by atoms with Gasteiger partial charge >= 0.3 is 0 Å². The highest BCUT2D eigenvalue weighted by molar-refractivity contribution is 5.83. The number of hydrogen-bond donors (Lipinski definition) is 1. The number of carbonyl (C=O) groups is 1. The zero-order valence-electron chi connectivity index (χ0n) is 19.2. The lowest BCUT2D eigenvalue weighted by Crippen LogP contribution is -2.49. The monoisotopic (exact) mass is 398 g/mol. The van der Waals surface area contributed by atoms with Crippen molar-refractivity contribution in [3.63, 3.8) is 0 Å². The van der Waals surface area contributed by atoms with Crippen LogP contribution in [0.25, 0.3) is 0 Å². The van der Waals surface area contributed by atoms with Crippen LogP contribution in [0.15, 0.2) is 23.3 Å². The molecule has 0 saturated heterocycles. The lowest BCUT2D eigenvalue weighted by Gasteiger charge is -2.55. The average Bonchev–Trinajstić information content (AvgIpc) is 3.04. The third-order valence-electron chi connectivity index (χ3n) is 9.62. The summed E-state index contributed by atoms with van der Waals surface area (Å²) in [4.78, 5) is 12.1. The summed E-state index contributed by atoms with van der Waals surface area (Å²) in [7, 11) is 0. The van der Waals surface area contributed by atoms with Gasteiger partial charge in [-0.25, -0.2) is 0 Å². The summed E-state index contributed by atoms with van der Waals surface area (Å²) in [5, 5.41) is 10.5. The van der Waals surface area contributed by atoms with E-state index in [0.29, 0.717) is 35.9 Å². The zero-order valence-corrected chi connectivity index (χ0v) is 19.2. The molecule has 0 heterocycles. The molecule has 0 aromatic rings. The molecule has 0 radical (unpaired) electrons. The highest BCUT2D eigenvalue weighted by Gasteiger charge is 2.57. The minimum absolute atomic E-state index is 0.139. The van der Waals surface area contributed by atoms with E-state index in [1.807, 2.05) is 0 Å². The van der Waals surface area contributed by atoms with Crippen LogP contribution in [0.2, 0.25) is 0 Å². The molecule has 2 heteroatoms. The first-order valence-electron chi connectivity index (χ1n) is 12.4. The molecule has 4 aliphatic carbocycles. The third kappa shape index (κ3) is 3.48. The molecule has 0 bridgehead atoms. The van der Waals surface area contributed by atoms with Gasteiger partial charge < -0.3 is 5.11 Å². The molecule has 4 aliphatic rings. The maximum absolute atomic E-state index is 12.1. The van der Waals surface area contributed by atoms with Gasteiger partial charge in [-0.15, -0.1) is 0 Å². The number of hydrogen-bond acceptors (Lipinski definition) is 2. The van der Waals surface area contributed by atoms with Gasteiger partial charge in [0.2, 0.25) is 0 Å². The second-order valence-electron chi connectivity index (χ2n) is 11.5. The Kier molecular flexibility index (Phi) is 5.88. The summed E-state index contributed by atoms with van der Waals surface area (Å²) >= 11 is 0. The Morgan fingerprint density at radius 1 is 1.07 bits per heavy atom. The van der Waals surface area contributed by atoms with Crippen molar-refractivity contribution < 1.29 is 9.90 Å². The standard InChI is InChI=1S/C27H42O2/c1-18(2)6-5-7-19(3)23-10-11-24-22-9-8-20-16-21(29)12-15-27(20,17-28)25(22)13-14-26(23,24)4/h8-9,18-19,23-25,28H,5-7,10-17H2,1-4H3/t19-,23-,24+,25+,26-,27-/m1/s1. The van der Waals surface area contributed by atoms with Gasteiger partial charge in [0.25, 0.3) is 0 Å². The second kappa shape index (κ2) is 7.98. The van der Waals surface area contributed by atoms with E-state index in [1.54, 1.807) is 5.57 Å². The summed E-state index contributed by atoms with van der Waals surface area (Å²) < 4.78 is 0. The molecule has 3 saturated carbocycles. The smallest absolute Gasteiger partial charge is 0.136 e. The van der Waals surface area contributed by atoms with Crippen molar-refractivity contribution >= 4 is 5.78 Å². The van der Waals surface area contributed by atoms with Crippen LogP contribution in [0.4, 0.5) is 0 Å². The normalized spacial score (nSPS) is 40.1. The average molecular weight is 399 g/mol. The number of carbonyl (C=O) groups excluding carboxylic acids is 1. The van der Waals surface area contributed by atoms with E-state index in [2.05, 4.69) is 39.8 Å². The van der Waals surface area contributed by atoms with Gasteiger partial charge in [0.1, 0.15) is 5.78 Å². The summed E-state index contributed by atoms with van der Waals surface area (Å²) in [5.74, 6) is 3.97. The molecule has 0 spiro atoms. The summed E-state index contributed by atoms with van der Waals surface area (Å²) in [6, 6.07) is 0. The van der Waals surface area contributed by atoms with Crippen molar-refractivity contribution in [3.8, 4) is 0 Å². The molecule has 162 valence electrons. The Balaban J connectivity index is 1.56. The molecule has 0 unspecified atom stereocenters. The lowest BCUT2D eigenvalue weighted by molar-refractivity contribution is -0.121. The van der Waals surface area contributed by atoms with Gasteiger partial charge in [-0.1, -0.05) is 70.3 Å². The van der Waals surface area contributed by atoms with Gasteiger partial charge in [-0.2, -0.15) is 0 Å². The fourth-order valence-electron chi connectivity index (χ4n) is 7.96. The summed E-state index contributed by atoms with van der Waals surface area (Å²) in [6.45, 7) is 9.99. The second-order valence-corrected chi connectivity index (χ2v) is 11.5. The maximum atomic E-state index is 12.1. The van der Waals surface area contributed by atoms with Crippen LogP contribution in [-0.4, -0.2) is 17.5 Å². The van der Waals surface area contributed by atoms with Crippen LogP contribution in [0, 0.1) is 40.4 Å². The lowest BCUT2D eigenvalue weighted by atomic mass is 9.49. The molecule has 1 N–H and O–H groups in total. The molecule has 0 amide bonds. The third-order valence-corrected chi connectivity index (χ3v) is 9.62. The maximum Gasteiger partial charge on any atom is 0.136 e. The molecule has 0 aromatic carbocycles. The first kappa shape index (κ1) is 21.3. The highest BCUT2D eigenvalue weighted by atomic mass is 16.3. The van der Waals surface area contributed by atoms with Gasteiger partial charge in [0.15, 0.2) is 0 Å². The van der Waals surface area contributed by atoms with Crippen LogP contribution in [0.3, 0.4) is 0 Å². The van der Waals surface area contributed by atoms with Gasteiger partial charge in [0, 0.05) is 18.3 Å². The molecule has 29 heavy (non-hydrogen) atoms. The first-order valence-corrected chi connectivity index (χ1v) is 12.4. The Hall–Kier alpha value is -0.890. The number of ketones is 1. The van der Waals surface area contributed by atoms with Crippen molar-refractivity contribution in [1.82, 2.24) is 0 Å². The molecular weight excluding hydrogens is 356 g/mol. The predicted molar refractivity (Wildman–Crippen MR) is 119 cm³/mol. The summed E-state index contributed by atoms with van der Waals surface area (Å²) in [6.07, 6.45) is 16.0. The van der Waals surface area contributed by atoms with E-state index in [0.717, 1.165) is 24.2 Å². The Morgan fingerprint density at radius 2 is 1.86 bits per heavy atom. The van der Waals surface area contributed by atoms with Crippen LogP contribution in [0.5, 0.6) is 0 Å². The minimum atomic E-state index is -0.139. The van der Waals surface area contributed by atoms with E-state index >= 15 is 0 Å². The molecule has 0 aromatic heterocycles. The van der Waals surface area contributed by atoms with Crippen molar-refractivity contribution in [3.05, 3.63) is 23.3 Å². The van der Waals surface area contributed by atoms with Crippen molar-refractivity contribution in [2.24, 2.45) is 40.4 Å². The Morgan fingerprint density at radius 3 is 2.59 bits per heavy atom. The fraction of sp³-hybridized carbons (Fsp3) is 0.815. The number of rotatable bonds is 6. The van der Waals surface area contributed by atoms with Crippen molar-refractivity contribution in [2.75, 3.05) is 6.61 Å². The topological polar surface area (TPSA) is 37.3 Å². The number of aliphatic hydroxyl groups is 1. The Labute approximate surface area is 178 Å². The quantitative estimate of drug-likeness (QED) is 0.555. The van der Waals surface area contributed by atoms with Crippen LogP contribution >= 0.6 is 0 Å². The fourth-order valence-corrected chi connectivity index (χ4v) is 7.96. The molecule has 0 aliphatic heterocycles. The van der Waals surface area contributed by atoms with Crippen LogP contribution in [0.1, 0.15) is 91.9 Å². The van der Waals surface area contributed by atoms with Crippen LogP contribution in [-0.2, 0) is 4.79 Å². The number of allylic oxidation sites excluding steroid dienone is 3.